The van der Waals surface area contributed by atoms with Gasteiger partial charge in [-0.3, -0.25) is 9.36 Å². The number of methoxy groups -OCH3 is 2. The van der Waals surface area contributed by atoms with Crippen molar-refractivity contribution >= 4 is 72.1 Å². The van der Waals surface area contributed by atoms with Crippen LogP contribution in [0.15, 0.2) is 34.0 Å². The molecule has 4 heterocycles. The van der Waals surface area contributed by atoms with Crippen LogP contribution >= 0.6 is 31.9 Å². The molecule has 0 aliphatic heterocycles. The van der Waals surface area contributed by atoms with E-state index in [1.807, 2.05) is 0 Å². The quantitative estimate of drug-likeness (QED) is 0.260. The summed E-state index contributed by atoms with van der Waals surface area (Å²) in [7, 11) is 2.61. The molecule has 0 spiro atoms. The van der Waals surface area contributed by atoms with Crippen molar-refractivity contribution in [2.75, 3.05) is 14.2 Å². The Kier molecular flexibility index (Phi) is 8.40. The molecule has 0 aliphatic rings. The van der Waals surface area contributed by atoms with E-state index in [1.165, 1.54) is 32.8 Å². The molecule has 1 N–H and O–H groups in total. The minimum atomic E-state index is -0.608. The topological polar surface area (TPSA) is 151 Å². The molecule has 4 rings (SSSR count). The minimum absolute atomic E-state index is 0.0556. The number of aromatic amines is 1. The van der Waals surface area contributed by atoms with Gasteiger partial charge in [-0.1, -0.05) is 0 Å². The van der Waals surface area contributed by atoms with E-state index < -0.39 is 17.4 Å². The van der Waals surface area contributed by atoms with Gasteiger partial charge in [0, 0.05) is 12.4 Å². The predicted molar refractivity (Wildman–Crippen MR) is 135 cm³/mol. The van der Waals surface area contributed by atoms with Crippen LogP contribution in [0.2, 0.25) is 0 Å². The fourth-order valence-corrected chi connectivity index (χ4v) is 3.43. The highest BCUT2D eigenvalue weighted by Crippen LogP contribution is 2.22. The first-order valence-corrected chi connectivity index (χ1v) is 11.9. The third kappa shape index (κ3) is 6.05. The molecule has 14 heteroatoms. The number of nitrogens with one attached hydrogen (secondary N) is 1. The van der Waals surface area contributed by atoms with E-state index >= 15 is 0 Å². The van der Waals surface area contributed by atoms with Gasteiger partial charge in [0.15, 0.2) is 18.0 Å². The van der Waals surface area contributed by atoms with Crippen LogP contribution in [-0.4, -0.2) is 61.6 Å². The first kappa shape index (κ1) is 27.2. The number of ether oxygens (including phenoxy) is 3. The van der Waals surface area contributed by atoms with Crippen molar-refractivity contribution in [3.8, 4) is 0 Å². The van der Waals surface area contributed by atoms with Crippen molar-refractivity contribution in [3.63, 3.8) is 0 Å². The molecular formula is C22H22Br2N6O6. The Balaban J connectivity index is 0.000000221. The average molecular weight is 626 g/mol. The van der Waals surface area contributed by atoms with Gasteiger partial charge in [-0.15, -0.1) is 0 Å². The number of hydrogen-bond donors (Lipinski definition) is 1. The zero-order valence-corrected chi connectivity index (χ0v) is 23.1. The number of hydrogen-bond acceptors (Lipinski definition) is 10. The van der Waals surface area contributed by atoms with Crippen LogP contribution in [0, 0.1) is 5.41 Å². The maximum absolute atomic E-state index is 11.9. The first-order valence-electron chi connectivity index (χ1n) is 10.3. The summed E-state index contributed by atoms with van der Waals surface area (Å²) in [5.41, 5.74) is 1.93. The molecule has 0 aromatic carbocycles. The van der Waals surface area contributed by atoms with E-state index in [0.29, 0.717) is 37.1 Å². The molecule has 0 saturated carbocycles. The lowest BCUT2D eigenvalue weighted by Crippen LogP contribution is -2.24. The molecule has 0 radical (unpaired) electrons. The number of fused-ring (bicyclic) bond motifs is 2. The maximum atomic E-state index is 11.9. The molecular weight excluding hydrogens is 604 g/mol. The van der Waals surface area contributed by atoms with Crippen molar-refractivity contribution in [2.24, 2.45) is 5.41 Å². The Hall–Kier alpha value is -3.39. The van der Waals surface area contributed by atoms with Gasteiger partial charge in [0.25, 0.3) is 0 Å². The van der Waals surface area contributed by atoms with Crippen LogP contribution in [0.4, 0.5) is 0 Å². The molecule has 0 bridgehead atoms. The van der Waals surface area contributed by atoms with Gasteiger partial charge in [-0.2, -0.15) is 0 Å². The van der Waals surface area contributed by atoms with Gasteiger partial charge in [-0.25, -0.2) is 29.5 Å². The highest BCUT2D eigenvalue weighted by molar-refractivity contribution is 9.10. The zero-order chi connectivity index (χ0) is 26.6. The van der Waals surface area contributed by atoms with Gasteiger partial charge in [-0.05, 0) is 52.6 Å². The van der Waals surface area contributed by atoms with E-state index in [-0.39, 0.29) is 18.3 Å². The van der Waals surface area contributed by atoms with Gasteiger partial charge in [0.2, 0.25) is 0 Å². The summed E-state index contributed by atoms with van der Waals surface area (Å²) in [5.74, 6) is -1.30. The van der Waals surface area contributed by atoms with Crippen LogP contribution in [0.1, 0.15) is 41.5 Å². The SMILES string of the molecule is COC(=O)c1c[nH]c2ncc(Br)nc12.COC(=O)c1cn(COC(=O)C(C)(C)C)c2ncc(Br)nc12. The summed E-state index contributed by atoms with van der Waals surface area (Å²) >= 11 is 6.40. The summed E-state index contributed by atoms with van der Waals surface area (Å²) in [5, 5.41) is 0. The Morgan fingerprint density at radius 1 is 0.944 bits per heavy atom. The Bertz CT molecular complexity index is 1440. The van der Waals surface area contributed by atoms with Crippen LogP contribution < -0.4 is 0 Å². The maximum Gasteiger partial charge on any atom is 0.341 e. The summed E-state index contributed by atoms with van der Waals surface area (Å²) in [6, 6.07) is 0. The zero-order valence-electron chi connectivity index (χ0n) is 20.0. The molecule has 4 aromatic heterocycles. The van der Waals surface area contributed by atoms with E-state index in [1.54, 1.807) is 31.5 Å². The van der Waals surface area contributed by atoms with E-state index in [4.69, 9.17) is 9.47 Å². The van der Waals surface area contributed by atoms with E-state index in [2.05, 4.69) is 61.5 Å². The normalized spacial score (nSPS) is 11.1. The molecule has 0 aliphatic carbocycles. The number of H-pyrrole nitrogens is 1. The number of esters is 3. The second kappa shape index (κ2) is 11.1. The lowest BCUT2D eigenvalue weighted by atomic mass is 9.98. The van der Waals surface area contributed by atoms with Gasteiger partial charge in [0.1, 0.15) is 31.4 Å². The van der Waals surface area contributed by atoms with Crippen molar-refractivity contribution in [3.05, 3.63) is 45.1 Å². The lowest BCUT2D eigenvalue weighted by Gasteiger charge is -2.16. The largest absolute Gasteiger partial charge is 0.465 e. The monoisotopic (exact) mass is 624 g/mol. The van der Waals surface area contributed by atoms with Crippen LogP contribution in [0.5, 0.6) is 0 Å². The lowest BCUT2D eigenvalue weighted by molar-refractivity contribution is -0.156. The van der Waals surface area contributed by atoms with Crippen LogP contribution in [0.25, 0.3) is 22.3 Å². The highest BCUT2D eigenvalue weighted by atomic mass is 79.9. The number of carbonyl (C=O) groups excluding carboxylic acids is 3. The standard InChI is InChI=1S/C14H16BrN3O4.C8H6BrN3O2/c1-14(2,3)13(20)22-7-18-6-8(12(19)21-4)10-11(18)16-5-9(15)17-10;1-14-8(13)4-2-10-7-6(4)12-5(9)3-11-7/h5-6H,7H2,1-4H3;2-3H,1H3,(H,10,11). The smallest absolute Gasteiger partial charge is 0.341 e. The van der Waals surface area contributed by atoms with Gasteiger partial charge in [0.05, 0.1) is 32.0 Å². The van der Waals surface area contributed by atoms with Crippen LogP contribution in [-0.2, 0) is 25.7 Å². The number of nitrogens with zero attached hydrogens (tertiary/aromatic N) is 5. The predicted octanol–water partition coefficient (Wildman–Crippen LogP) is 4.03. The van der Waals surface area contributed by atoms with Crippen molar-refractivity contribution < 1.29 is 28.6 Å². The van der Waals surface area contributed by atoms with Crippen molar-refractivity contribution in [2.45, 2.75) is 27.5 Å². The fourth-order valence-electron chi connectivity index (χ4n) is 2.87. The van der Waals surface area contributed by atoms with Gasteiger partial charge >= 0.3 is 17.9 Å². The average Bonchev–Trinajstić information content (AvgIpc) is 3.42. The number of halogens is 2. The summed E-state index contributed by atoms with van der Waals surface area (Å²) in [4.78, 5) is 54.4. The molecule has 12 nitrogen and oxygen atoms in total. The minimum Gasteiger partial charge on any atom is -0.465 e. The summed E-state index contributed by atoms with van der Waals surface area (Å²) in [6.45, 7) is 5.24. The second-order valence-electron chi connectivity index (χ2n) is 8.26. The van der Waals surface area contributed by atoms with E-state index in [9.17, 15) is 14.4 Å². The number of aromatic nitrogens is 6. The molecule has 0 amide bonds. The number of carbonyl (C=O) groups is 3. The van der Waals surface area contributed by atoms with Gasteiger partial charge < -0.3 is 19.2 Å². The third-order valence-electron chi connectivity index (χ3n) is 4.65. The Morgan fingerprint density at radius 2 is 1.53 bits per heavy atom. The Labute approximate surface area is 222 Å². The molecule has 4 aromatic rings. The molecule has 0 saturated heterocycles. The molecule has 0 unspecified atom stereocenters. The van der Waals surface area contributed by atoms with Crippen molar-refractivity contribution in [1.82, 2.24) is 29.5 Å². The van der Waals surface area contributed by atoms with E-state index in [0.717, 1.165) is 0 Å². The Morgan fingerprint density at radius 3 is 2.14 bits per heavy atom. The summed E-state index contributed by atoms with van der Waals surface area (Å²) in [6.07, 6.45) is 6.10. The fraction of sp³-hybridized carbons (Fsp3) is 0.318. The molecule has 190 valence electrons. The first-order chi connectivity index (χ1) is 17.0. The third-order valence-corrected chi connectivity index (χ3v) is 5.41. The highest BCUT2D eigenvalue weighted by Gasteiger charge is 2.24. The van der Waals surface area contributed by atoms with Crippen molar-refractivity contribution in [1.29, 1.82) is 0 Å². The second-order valence-corrected chi connectivity index (χ2v) is 9.89. The molecule has 36 heavy (non-hydrogen) atoms. The van der Waals surface area contributed by atoms with Crippen LogP contribution in [0.3, 0.4) is 0 Å². The molecule has 0 fully saturated rings. The molecule has 0 atom stereocenters. The summed E-state index contributed by atoms with van der Waals surface area (Å²) < 4.78 is 17.2. The number of rotatable bonds is 4.